The molecule has 0 spiro atoms. The number of hydrogen-bond acceptors (Lipinski definition) is 5. The van der Waals surface area contributed by atoms with Crippen LogP contribution in [0.15, 0.2) is 48.5 Å². The van der Waals surface area contributed by atoms with E-state index < -0.39 is 4.92 Å². The fourth-order valence-corrected chi connectivity index (χ4v) is 1.85. The minimum Gasteiger partial charge on any atom is -0.496 e. The van der Waals surface area contributed by atoms with Gasteiger partial charge in [-0.05, 0) is 11.6 Å². The molecule has 0 saturated heterocycles. The Morgan fingerprint density at radius 2 is 1.95 bits per heavy atom. The van der Waals surface area contributed by atoms with E-state index in [0.29, 0.717) is 24.5 Å². The van der Waals surface area contributed by atoms with Crippen LogP contribution in [0.5, 0.6) is 5.75 Å². The molecule has 0 aliphatic rings. The monoisotopic (exact) mass is 288 g/mol. The van der Waals surface area contributed by atoms with E-state index in [9.17, 15) is 10.1 Å². The van der Waals surface area contributed by atoms with Crippen LogP contribution in [0.2, 0.25) is 0 Å². The fraction of sp³-hybridized carbons (Fsp3) is 0.200. The summed E-state index contributed by atoms with van der Waals surface area (Å²) in [5.41, 5.74) is 4.52. The van der Waals surface area contributed by atoms with Gasteiger partial charge >= 0.3 is 0 Å². The molecular formula is C15H16N2O4. The van der Waals surface area contributed by atoms with Crippen molar-refractivity contribution in [3.05, 3.63) is 69.8 Å². The predicted octanol–water partition coefficient (Wildman–Crippen LogP) is 2.82. The molecule has 0 atom stereocenters. The maximum atomic E-state index is 10.8. The molecule has 21 heavy (non-hydrogen) atoms. The highest BCUT2D eigenvalue weighted by Crippen LogP contribution is 2.23. The summed E-state index contributed by atoms with van der Waals surface area (Å²) in [5, 5.41) is 10.8. The van der Waals surface area contributed by atoms with Crippen molar-refractivity contribution < 1.29 is 14.5 Å². The SMILES string of the molecule is COc1ccc([N+](=O)[O-])cc1CNOCc1ccccc1. The van der Waals surface area contributed by atoms with Crippen LogP contribution in [-0.4, -0.2) is 12.0 Å². The summed E-state index contributed by atoms with van der Waals surface area (Å²) in [6, 6.07) is 14.2. The number of rotatable bonds is 7. The van der Waals surface area contributed by atoms with E-state index in [1.165, 1.54) is 19.2 Å². The molecule has 2 aromatic rings. The standard InChI is InChI=1S/C15H16N2O4/c1-20-15-8-7-14(17(18)19)9-13(15)10-16-21-11-12-5-3-2-4-6-12/h2-9,16H,10-11H2,1H3. The van der Waals surface area contributed by atoms with E-state index in [0.717, 1.165) is 5.56 Å². The molecule has 2 rings (SSSR count). The fourth-order valence-electron chi connectivity index (χ4n) is 1.85. The molecule has 0 unspecified atom stereocenters. The van der Waals surface area contributed by atoms with Gasteiger partial charge in [-0.2, -0.15) is 5.48 Å². The topological polar surface area (TPSA) is 73.6 Å². The molecule has 0 saturated carbocycles. The molecule has 0 aromatic heterocycles. The second kappa shape index (κ2) is 7.37. The molecule has 0 aliphatic heterocycles. The number of ether oxygens (including phenoxy) is 1. The number of nitro benzene ring substituents is 1. The zero-order valence-electron chi connectivity index (χ0n) is 11.6. The molecule has 6 nitrogen and oxygen atoms in total. The van der Waals surface area contributed by atoms with E-state index in [1.807, 2.05) is 30.3 Å². The van der Waals surface area contributed by atoms with E-state index in [2.05, 4.69) is 5.48 Å². The van der Waals surface area contributed by atoms with Crippen molar-refractivity contribution in [3.63, 3.8) is 0 Å². The second-order valence-corrected chi connectivity index (χ2v) is 4.35. The van der Waals surface area contributed by atoms with Gasteiger partial charge in [0.25, 0.3) is 5.69 Å². The van der Waals surface area contributed by atoms with Crippen molar-refractivity contribution in [2.24, 2.45) is 0 Å². The molecule has 2 aromatic carbocycles. The molecule has 0 aliphatic carbocycles. The van der Waals surface area contributed by atoms with Gasteiger partial charge in [-0.3, -0.25) is 15.0 Å². The largest absolute Gasteiger partial charge is 0.496 e. The third-order valence-corrected chi connectivity index (χ3v) is 2.92. The number of hydrogen-bond donors (Lipinski definition) is 1. The first-order valence-electron chi connectivity index (χ1n) is 6.40. The lowest BCUT2D eigenvalue weighted by Crippen LogP contribution is -2.14. The first kappa shape index (κ1) is 15.0. The quantitative estimate of drug-likeness (QED) is 0.482. The Bertz CT molecular complexity index is 602. The van der Waals surface area contributed by atoms with Gasteiger partial charge in [0.1, 0.15) is 5.75 Å². The summed E-state index contributed by atoms with van der Waals surface area (Å²) in [5.74, 6) is 0.580. The Hall–Kier alpha value is -2.44. The Balaban J connectivity index is 1.92. The van der Waals surface area contributed by atoms with Crippen molar-refractivity contribution in [1.82, 2.24) is 5.48 Å². The van der Waals surface area contributed by atoms with Crippen molar-refractivity contribution in [1.29, 1.82) is 0 Å². The Labute approximate surface area is 122 Å². The average Bonchev–Trinajstić information content (AvgIpc) is 2.52. The summed E-state index contributed by atoms with van der Waals surface area (Å²) >= 11 is 0. The van der Waals surface area contributed by atoms with E-state index >= 15 is 0 Å². The van der Waals surface area contributed by atoms with Gasteiger partial charge in [0.2, 0.25) is 0 Å². The lowest BCUT2D eigenvalue weighted by molar-refractivity contribution is -0.384. The summed E-state index contributed by atoms with van der Waals surface area (Å²) in [7, 11) is 1.52. The van der Waals surface area contributed by atoms with Crippen LogP contribution in [0.25, 0.3) is 0 Å². The Morgan fingerprint density at radius 1 is 1.19 bits per heavy atom. The summed E-state index contributed by atoms with van der Waals surface area (Å²) < 4.78 is 5.18. The van der Waals surface area contributed by atoms with Crippen molar-refractivity contribution in [2.45, 2.75) is 13.2 Å². The third-order valence-electron chi connectivity index (χ3n) is 2.92. The van der Waals surface area contributed by atoms with E-state index in [4.69, 9.17) is 9.57 Å². The lowest BCUT2D eigenvalue weighted by atomic mass is 10.2. The van der Waals surface area contributed by atoms with Crippen molar-refractivity contribution >= 4 is 5.69 Å². The molecule has 110 valence electrons. The number of methoxy groups -OCH3 is 1. The van der Waals surface area contributed by atoms with E-state index in [-0.39, 0.29) is 5.69 Å². The lowest BCUT2D eigenvalue weighted by Gasteiger charge is -2.10. The minimum atomic E-state index is -0.437. The van der Waals surface area contributed by atoms with Crippen molar-refractivity contribution in [2.75, 3.05) is 7.11 Å². The van der Waals surface area contributed by atoms with Crippen LogP contribution in [0.1, 0.15) is 11.1 Å². The molecule has 0 radical (unpaired) electrons. The zero-order valence-corrected chi connectivity index (χ0v) is 11.6. The molecule has 0 bridgehead atoms. The highest BCUT2D eigenvalue weighted by Gasteiger charge is 2.11. The molecule has 1 N–H and O–H groups in total. The normalized spacial score (nSPS) is 10.3. The van der Waals surface area contributed by atoms with Gasteiger partial charge in [-0.1, -0.05) is 30.3 Å². The molecular weight excluding hydrogens is 272 g/mol. The molecule has 0 fully saturated rings. The highest BCUT2D eigenvalue weighted by molar-refractivity contribution is 5.43. The van der Waals surface area contributed by atoms with Crippen LogP contribution >= 0.6 is 0 Å². The summed E-state index contributed by atoms with van der Waals surface area (Å²) in [6.45, 7) is 0.732. The number of nitrogens with one attached hydrogen (secondary N) is 1. The van der Waals surface area contributed by atoms with Crippen LogP contribution in [0, 0.1) is 10.1 Å². The first-order valence-corrected chi connectivity index (χ1v) is 6.40. The average molecular weight is 288 g/mol. The van der Waals surface area contributed by atoms with Gasteiger partial charge in [0, 0.05) is 24.2 Å². The first-order chi connectivity index (χ1) is 10.2. The summed E-state index contributed by atoms with van der Waals surface area (Å²) in [4.78, 5) is 15.7. The number of nitrogens with zero attached hydrogens (tertiary/aromatic N) is 1. The van der Waals surface area contributed by atoms with Crippen LogP contribution in [-0.2, 0) is 18.0 Å². The van der Waals surface area contributed by atoms with E-state index in [1.54, 1.807) is 6.07 Å². The van der Waals surface area contributed by atoms with Gasteiger partial charge in [-0.15, -0.1) is 0 Å². The number of non-ortho nitro benzene ring substituents is 1. The van der Waals surface area contributed by atoms with Gasteiger partial charge < -0.3 is 4.74 Å². The van der Waals surface area contributed by atoms with Crippen LogP contribution in [0.4, 0.5) is 5.69 Å². The van der Waals surface area contributed by atoms with Gasteiger partial charge in [0.15, 0.2) is 0 Å². The predicted molar refractivity (Wildman–Crippen MR) is 77.7 cm³/mol. The van der Waals surface area contributed by atoms with Gasteiger partial charge in [0.05, 0.1) is 18.6 Å². The number of hydroxylamine groups is 1. The highest BCUT2D eigenvalue weighted by atomic mass is 16.6. The maximum Gasteiger partial charge on any atom is 0.270 e. The van der Waals surface area contributed by atoms with Crippen LogP contribution in [0.3, 0.4) is 0 Å². The third kappa shape index (κ3) is 4.27. The van der Waals surface area contributed by atoms with Crippen LogP contribution < -0.4 is 10.2 Å². The Kier molecular flexibility index (Phi) is 5.25. The number of benzene rings is 2. The molecule has 0 amide bonds. The second-order valence-electron chi connectivity index (χ2n) is 4.35. The zero-order chi connectivity index (χ0) is 15.1. The Morgan fingerprint density at radius 3 is 2.62 bits per heavy atom. The van der Waals surface area contributed by atoms with Crippen molar-refractivity contribution in [3.8, 4) is 5.75 Å². The molecule has 0 heterocycles. The molecule has 6 heteroatoms. The minimum absolute atomic E-state index is 0.0238. The maximum absolute atomic E-state index is 10.8. The summed E-state index contributed by atoms with van der Waals surface area (Å²) in [6.07, 6.45) is 0. The smallest absolute Gasteiger partial charge is 0.270 e. The van der Waals surface area contributed by atoms with Gasteiger partial charge in [-0.25, -0.2) is 0 Å². The number of nitro groups is 1.